The van der Waals surface area contributed by atoms with Crippen LogP contribution in [0, 0.1) is 0 Å². The fraction of sp³-hybridized carbons (Fsp3) is 0.500. The number of aryl methyl sites for hydroxylation is 1. The van der Waals surface area contributed by atoms with E-state index < -0.39 is 0 Å². The molecular formula is C12H17NOS. The fourth-order valence-electron chi connectivity index (χ4n) is 1.85. The van der Waals surface area contributed by atoms with Gasteiger partial charge in [-0.25, -0.2) is 0 Å². The lowest BCUT2D eigenvalue weighted by Gasteiger charge is -2.34. The molecule has 2 N–H and O–H groups in total. The van der Waals surface area contributed by atoms with Crippen molar-refractivity contribution < 1.29 is 4.74 Å². The summed E-state index contributed by atoms with van der Waals surface area (Å²) < 4.78 is 5.38. The number of rotatable bonds is 3. The van der Waals surface area contributed by atoms with E-state index in [9.17, 15) is 0 Å². The van der Waals surface area contributed by atoms with Gasteiger partial charge in [0.2, 0.25) is 0 Å². The summed E-state index contributed by atoms with van der Waals surface area (Å²) in [5.74, 6) is 2.03. The third-order valence-corrected chi connectivity index (χ3v) is 4.41. The molecule has 0 saturated carbocycles. The van der Waals surface area contributed by atoms with Crippen molar-refractivity contribution in [2.75, 3.05) is 12.9 Å². The maximum Gasteiger partial charge on any atom is 0.123 e. The lowest BCUT2D eigenvalue weighted by molar-refractivity contribution is 0.407. The smallest absolute Gasteiger partial charge is 0.123 e. The number of methoxy groups -OCH3 is 1. The molecular weight excluding hydrogens is 206 g/mol. The first kappa shape index (κ1) is 10.8. The molecule has 0 aromatic heterocycles. The van der Waals surface area contributed by atoms with Crippen molar-refractivity contribution in [2.24, 2.45) is 5.73 Å². The van der Waals surface area contributed by atoms with E-state index in [0.29, 0.717) is 5.25 Å². The third kappa shape index (κ3) is 1.99. The highest BCUT2D eigenvalue weighted by molar-refractivity contribution is 8.01. The van der Waals surface area contributed by atoms with Crippen LogP contribution in [0.3, 0.4) is 0 Å². The fourth-order valence-corrected chi connectivity index (χ4v) is 2.82. The number of hydrogen-bond donors (Lipinski definition) is 1. The van der Waals surface area contributed by atoms with Gasteiger partial charge >= 0.3 is 0 Å². The molecule has 0 bridgehead atoms. The quantitative estimate of drug-likeness (QED) is 0.854. The first-order valence-electron chi connectivity index (χ1n) is 5.30. The van der Waals surface area contributed by atoms with Gasteiger partial charge in [0.1, 0.15) is 5.75 Å². The summed E-state index contributed by atoms with van der Waals surface area (Å²) >= 11 is 1.91. The minimum absolute atomic E-state index is 0.288. The topological polar surface area (TPSA) is 35.2 Å². The van der Waals surface area contributed by atoms with E-state index >= 15 is 0 Å². The van der Waals surface area contributed by atoms with Gasteiger partial charge in [-0.1, -0.05) is 19.1 Å². The Kier molecular flexibility index (Phi) is 3.22. The van der Waals surface area contributed by atoms with Crippen LogP contribution in [-0.4, -0.2) is 18.9 Å². The first-order chi connectivity index (χ1) is 7.26. The largest absolute Gasteiger partial charge is 0.496 e. The van der Waals surface area contributed by atoms with E-state index in [4.69, 9.17) is 10.5 Å². The van der Waals surface area contributed by atoms with E-state index in [1.54, 1.807) is 7.11 Å². The molecule has 1 saturated heterocycles. The number of ether oxygens (including phenoxy) is 1. The van der Waals surface area contributed by atoms with Crippen LogP contribution in [0.1, 0.15) is 23.3 Å². The maximum absolute atomic E-state index is 5.99. The van der Waals surface area contributed by atoms with Crippen LogP contribution in [-0.2, 0) is 6.42 Å². The van der Waals surface area contributed by atoms with E-state index in [-0.39, 0.29) is 6.04 Å². The van der Waals surface area contributed by atoms with Crippen LogP contribution in [0.15, 0.2) is 18.2 Å². The predicted octanol–water partition coefficient (Wildman–Crippen LogP) is 2.37. The van der Waals surface area contributed by atoms with E-state index in [2.05, 4.69) is 25.1 Å². The second-order valence-corrected chi connectivity index (χ2v) is 5.02. The zero-order valence-corrected chi connectivity index (χ0v) is 10.0. The molecule has 1 aliphatic rings. The van der Waals surface area contributed by atoms with Crippen LogP contribution >= 0.6 is 11.8 Å². The average Bonchev–Trinajstić information content (AvgIpc) is 2.27. The van der Waals surface area contributed by atoms with Gasteiger partial charge in [-0.05, 0) is 18.1 Å². The van der Waals surface area contributed by atoms with Gasteiger partial charge in [-0.3, -0.25) is 0 Å². The van der Waals surface area contributed by atoms with Crippen molar-refractivity contribution in [1.82, 2.24) is 0 Å². The number of nitrogens with two attached hydrogens (primary N) is 1. The molecule has 1 fully saturated rings. The molecule has 0 amide bonds. The number of thioether (sulfide) groups is 1. The molecule has 2 atom stereocenters. The average molecular weight is 223 g/mol. The molecule has 0 spiro atoms. The Bertz CT molecular complexity index is 353. The normalized spacial score (nSPS) is 24.7. The summed E-state index contributed by atoms with van der Waals surface area (Å²) in [4.78, 5) is 0. The lowest BCUT2D eigenvalue weighted by atomic mass is 10.0. The van der Waals surface area contributed by atoms with Gasteiger partial charge in [-0.15, -0.1) is 0 Å². The second kappa shape index (κ2) is 4.45. The molecule has 15 heavy (non-hydrogen) atoms. The molecule has 3 heteroatoms. The maximum atomic E-state index is 5.99. The Morgan fingerprint density at radius 1 is 1.53 bits per heavy atom. The van der Waals surface area contributed by atoms with Gasteiger partial charge in [0, 0.05) is 22.6 Å². The minimum atomic E-state index is 0.288. The molecule has 0 radical (unpaired) electrons. The number of benzene rings is 1. The predicted molar refractivity (Wildman–Crippen MR) is 65.5 cm³/mol. The lowest BCUT2D eigenvalue weighted by Crippen LogP contribution is -2.37. The minimum Gasteiger partial charge on any atom is -0.496 e. The van der Waals surface area contributed by atoms with Crippen molar-refractivity contribution in [1.29, 1.82) is 0 Å². The first-order valence-corrected chi connectivity index (χ1v) is 6.35. The summed E-state index contributed by atoms with van der Waals surface area (Å²) in [6, 6.07) is 6.70. The third-order valence-electron chi connectivity index (χ3n) is 2.87. The van der Waals surface area contributed by atoms with E-state index in [1.807, 2.05) is 11.8 Å². The zero-order chi connectivity index (χ0) is 10.8. The Morgan fingerprint density at radius 3 is 2.80 bits per heavy atom. The SMILES string of the molecule is CCc1ccc(OC)c(C2SCC2N)c1. The Hall–Kier alpha value is -0.670. The summed E-state index contributed by atoms with van der Waals surface area (Å²) in [6.07, 6.45) is 1.06. The van der Waals surface area contributed by atoms with Crippen molar-refractivity contribution in [2.45, 2.75) is 24.6 Å². The highest BCUT2D eigenvalue weighted by atomic mass is 32.2. The second-order valence-electron chi connectivity index (χ2n) is 3.85. The molecule has 2 unspecified atom stereocenters. The molecule has 1 heterocycles. The monoisotopic (exact) mass is 223 g/mol. The standard InChI is InChI=1S/C12H17NOS/c1-3-8-4-5-11(14-2)9(6-8)12-10(13)7-15-12/h4-6,10,12H,3,7,13H2,1-2H3. The van der Waals surface area contributed by atoms with Gasteiger partial charge in [0.15, 0.2) is 0 Å². The Balaban J connectivity index is 2.33. The molecule has 2 nitrogen and oxygen atoms in total. The molecule has 0 aliphatic carbocycles. The molecule has 2 rings (SSSR count). The van der Waals surface area contributed by atoms with Crippen LogP contribution < -0.4 is 10.5 Å². The summed E-state index contributed by atoms with van der Waals surface area (Å²) in [7, 11) is 1.72. The molecule has 1 aromatic carbocycles. The molecule has 82 valence electrons. The zero-order valence-electron chi connectivity index (χ0n) is 9.19. The van der Waals surface area contributed by atoms with Gasteiger partial charge in [0.25, 0.3) is 0 Å². The van der Waals surface area contributed by atoms with Crippen LogP contribution in [0.25, 0.3) is 0 Å². The number of hydrogen-bond acceptors (Lipinski definition) is 3. The summed E-state index contributed by atoms with van der Waals surface area (Å²) in [5.41, 5.74) is 8.61. The van der Waals surface area contributed by atoms with E-state index in [1.165, 1.54) is 11.1 Å². The molecule has 1 aromatic rings. The van der Waals surface area contributed by atoms with Gasteiger partial charge in [-0.2, -0.15) is 11.8 Å². The van der Waals surface area contributed by atoms with Crippen LogP contribution in [0.5, 0.6) is 5.75 Å². The van der Waals surface area contributed by atoms with Crippen molar-refractivity contribution in [3.63, 3.8) is 0 Å². The van der Waals surface area contributed by atoms with Crippen LogP contribution in [0.4, 0.5) is 0 Å². The summed E-state index contributed by atoms with van der Waals surface area (Å²) in [6.45, 7) is 2.17. The van der Waals surface area contributed by atoms with Crippen LogP contribution in [0.2, 0.25) is 0 Å². The van der Waals surface area contributed by atoms with Crippen molar-refractivity contribution in [3.05, 3.63) is 29.3 Å². The highest BCUT2D eigenvalue weighted by Gasteiger charge is 2.31. The van der Waals surface area contributed by atoms with Gasteiger partial charge in [0.05, 0.1) is 7.11 Å². The van der Waals surface area contributed by atoms with Crippen molar-refractivity contribution >= 4 is 11.8 Å². The summed E-state index contributed by atoms with van der Waals surface area (Å²) in [5, 5.41) is 0.423. The molecule has 1 aliphatic heterocycles. The Morgan fingerprint density at radius 2 is 2.33 bits per heavy atom. The highest BCUT2D eigenvalue weighted by Crippen LogP contribution is 2.45. The Labute approximate surface area is 95.2 Å². The van der Waals surface area contributed by atoms with E-state index in [0.717, 1.165) is 17.9 Å². The van der Waals surface area contributed by atoms with Crippen molar-refractivity contribution in [3.8, 4) is 5.75 Å². The van der Waals surface area contributed by atoms with Gasteiger partial charge < -0.3 is 10.5 Å².